The molecule has 0 aliphatic carbocycles. The highest BCUT2D eigenvalue weighted by molar-refractivity contribution is 4.96. The van der Waals surface area contributed by atoms with E-state index in [0.717, 1.165) is 0 Å². The van der Waals surface area contributed by atoms with Gasteiger partial charge in [-0.15, -0.1) is 0 Å². The van der Waals surface area contributed by atoms with Crippen molar-refractivity contribution in [2.24, 2.45) is 0 Å². The van der Waals surface area contributed by atoms with E-state index in [1.807, 2.05) is 0 Å². The lowest BCUT2D eigenvalue weighted by atomic mass is 9.96. The highest BCUT2D eigenvalue weighted by Gasteiger charge is 2.53. The Morgan fingerprint density at radius 3 is 1.50 bits per heavy atom. The largest absolute Gasteiger partial charge is 0.394 e. The van der Waals surface area contributed by atoms with Gasteiger partial charge >= 0.3 is 0 Å². The Balaban J connectivity index is 1.72. The molecule has 10 N–H and O–H groups in total. The Kier molecular flexibility index (Phi) is 9.51. The normalized spacial score (nSPS) is 52.5. The predicted molar refractivity (Wildman–Crippen MR) is 100 cm³/mol. The maximum atomic E-state index is 14.0. The van der Waals surface area contributed by atoms with Crippen molar-refractivity contribution in [2.75, 3.05) is 19.8 Å². The highest BCUT2D eigenvalue weighted by Crippen LogP contribution is 2.32. The van der Waals surface area contributed by atoms with Crippen LogP contribution in [0.1, 0.15) is 0 Å². The van der Waals surface area contributed by atoms with Crippen LogP contribution < -0.4 is 0 Å². The first-order valence-electron chi connectivity index (χ1n) is 10.6. The summed E-state index contributed by atoms with van der Waals surface area (Å²) in [6.45, 7) is -2.41. The smallest absolute Gasteiger partial charge is 0.189 e. The van der Waals surface area contributed by atoms with Crippen LogP contribution in [0.4, 0.5) is 4.39 Å². The summed E-state index contributed by atoms with van der Waals surface area (Å²) in [7, 11) is 0. The van der Waals surface area contributed by atoms with Gasteiger partial charge in [-0.25, -0.2) is 4.39 Å². The molecule has 3 heterocycles. The third-order valence-corrected chi connectivity index (χ3v) is 6.05. The maximum Gasteiger partial charge on any atom is 0.189 e. The summed E-state index contributed by atoms with van der Waals surface area (Å²) in [5.41, 5.74) is 0. The van der Waals surface area contributed by atoms with Crippen molar-refractivity contribution < 1.29 is 79.1 Å². The van der Waals surface area contributed by atoms with E-state index in [2.05, 4.69) is 0 Å². The molecule has 200 valence electrons. The van der Waals surface area contributed by atoms with Crippen LogP contribution in [0, 0.1) is 0 Å². The molecule has 3 aliphatic heterocycles. The van der Waals surface area contributed by atoms with Crippen molar-refractivity contribution in [2.45, 2.75) is 92.2 Å². The van der Waals surface area contributed by atoms with Crippen molar-refractivity contribution in [3.05, 3.63) is 0 Å². The van der Waals surface area contributed by atoms with Gasteiger partial charge in [-0.3, -0.25) is 0 Å². The van der Waals surface area contributed by atoms with Crippen LogP contribution in [-0.4, -0.2) is 163 Å². The number of hydrogen-bond acceptors (Lipinski definition) is 15. The zero-order valence-corrected chi connectivity index (χ0v) is 17.7. The van der Waals surface area contributed by atoms with Crippen LogP contribution >= 0.6 is 0 Å². The number of aliphatic hydroxyl groups excluding tert-OH is 10. The first kappa shape index (κ1) is 27.9. The van der Waals surface area contributed by atoms with Gasteiger partial charge in [0.2, 0.25) is 0 Å². The van der Waals surface area contributed by atoms with E-state index in [1.165, 1.54) is 0 Å². The molecule has 3 rings (SSSR count). The quantitative estimate of drug-likeness (QED) is 0.154. The number of alkyl halides is 1. The lowest BCUT2D eigenvalue weighted by molar-refractivity contribution is -0.375. The predicted octanol–water partition coefficient (Wildman–Crippen LogP) is -6.60. The summed E-state index contributed by atoms with van der Waals surface area (Å²) >= 11 is 0. The van der Waals surface area contributed by atoms with Gasteiger partial charge in [0, 0.05) is 0 Å². The summed E-state index contributed by atoms with van der Waals surface area (Å²) in [6.07, 6.45) is -26.5. The minimum atomic E-state index is -2.32. The molecule has 0 spiro atoms. The summed E-state index contributed by atoms with van der Waals surface area (Å²) in [5.74, 6) is 0. The van der Waals surface area contributed by atoms with Gasteiger partial charge in [0.05, 0.1) is 19.8 Å². The van der Waals surface area contributed by atoms with Gasteiger partial charge in [-0.2, -0.15) is 0 Å². The molecule has 0 aromatic heterocycles. The molecule has 0 amide bonds. The molecule has 0 saturated carbocycles. The second kappa shape index (κ2) is 11.6. The number of aliphatic hydroxyl groups is 10. The topological polar surface area (TPSA) is 248 Å². The van der Waals surface area contributed by atoms with E-state index in [0.29, 0.717) is 0 Å². The van der Waals surface area contributed by atoms with Crippen molar-refractivity contribution in [3.8, 4) is 0 Å². The Morgan fingerprint density at radius 2 is 0.971 bits per heavy atom. The molecule has 3 aliphatic rings. The summed E-state index contributed by atoms with van der Waals surface area (Å²) in [5, 5.41) is 98.8. The van der Waals surface area contributed by atoms with Gasteiger partial charge in [-0.05, 0) is 0 Å². The van der Waals surface area contributed by atoms with Crippen molar-refractivity contribution in [3.63, 3.8) is 0 Å². The second-order valence-corrected chi connectivity index (χ2v) is 8.29. The van der Waals surface area contributed by atoms with Crippen molar-refractivity contribution in [1.82, 2.24) is 0 Å². The third kappa shape index (κ3) is 5.36. The van der Waals surface area contributed by atoms with Crippen molar-refractivity contribution in [1.29, 1.82) is 0 Å². The van der Waals surface area contributed by atoms with E-state index in [1.54, 1.807) is 0 Å². The number of ether oxygens (including phenoxy) is 5. The van der Waals surface area contributed by atoms with Crippen LogP contribution in [0.2, 0.25) is 0 Å². The molecule has 0 aromatic rings. The zero-order valence-electron chi connectivity index (χ0n) is 17.7. The van der Waals surface area contributed by atoms with E-state index in [-0.39, 0.29) is 0 Å². The van der Waals surface area contributed by atoms with E-state index in [4.69, 9.17) is 23.7 Å². The molecule has 0 unspecified atom stereocenters. The first-order chi connectivity index (χ1) is 16.0. The molecule has 0 bridgehead atoms. The summed E-state index contributed by atoms with van der Waals surface area (Å²) in [4.78, 5) is 0. The average molecular weight is 506 g/mol. The van der Waals surface area contributed by atoms with Crippen molar-refractivity contribution >= 4 is 0 Å². The van der Waals surface area contributed by atoms with E-state index < -0.39 is 112 Å². The second-order valence-electron chi connectivity index (χ2n) is 8.29. The highest BCUT2D eigenvalue weighted by atomic mass is 19.1. The summed E-state index contributed by atoms with van der Waals surface area (Å²) in [6, 6.07) is 0. The van der Waals surface area contributed by atoms with E-state index in [9.17, 15) is 55.5 Å². The molecule has 34 heavy (non-hydrogen) atoms. The van der Waals surface area contributed by atoms with Gasteiger partial charge in [0.25, 0.3) is 0 Å². The van der Waals surface area contributed by atoms with Gasteiger partial charge < -0.3 is 74.7 Å². The standard InChI is InChI=1S/C18H31FO15/c19-7-9(24)14(5(2-21)30-16(7)29)33-18-13(28)11(26)15(6(3-22)32-18)34-17-12(27)10(25)8(23)4(1-20)31-17/h4-18,20-29H,1-3H2/t4-,5-,6-,7+,8-,9-,10+,11-,12+,13+,14-,15-,16+,17+,18+/m1/s1. The molecule has 16 heteroatoms. The third-order valence-electron chi connectivity index (χ3n) is 6.05. The number of rotatable bonds is 7. The minimum Gasteiger partial charge on any atom is -0.394 e. The maximum absolute atomic E-state index is 14.0. The number of hydrogen-bond donors (Lipinski definition) is 10. The molecule has 15 atom stereocenters. The van der Waals surface area contributed by atoms with Crippen LogP contribution in [0.15, 0.2) is 0 Å². The van der Waals surface area contributed by atoms with Crippen LogP contribution in [0.3, 0.4) is 0 Å². The monoisotopic (exact) mass is 506 g/mol. The Hall–Kier alpha value is -0.670. The fraction of sp³-hybridized carbons (Fsp3) is 1.00. The molecular formula is C18H31FO15. The van der Waals surface area contributed by atoms with Gasteiger partial charge in [0.15, 0.2) is 25.0 Å². The lowest BCUT2D eigenvalue weighted by Gasteiger charge is -2.47. The lowest BCUT2D eigenvalue weighted by Crippen LogP contribution is -2.66. The molecular weight excluding hydrogens is 475 g/mol. The Morgan fingerprint density at radius 1 is 0.529 bits per heavy atom. The van der Waals surface area contributed by atoms with Crippen LogP contribution in [-0.2, 0) is 23.7 Å². The SMILES string of the molecule is OC[C@H]1O[C@@H](O[C@H]2[C@H](O)[C@H](O)[C@H](O[C@H]3[C@H](O)[C@H](F)[C@@H](O)O[C@@H]3CO)O[C@@H]2CO)[C@@H](O)[C@@H](O)[C@@H]1O. The molecule has 15 nitrogen and oxygen atoms in total. The molecule has 3 saturated heterocycles. The Labute approximate surface area is 192 Å². The summed E-state index contributed by atoms with van der Waals surface area (Å²) < 4.78 is 40.1. The van der Waals surface area contributed by atoms with E-state index >= 15 is 0 Å². The molecule has 0 radical (unpaired) electrons. The Bertz CT molecular complexity index is 640. The van der Waals surface area contributed by atoms with Crippen LogP contribution in [0.5, 0.6) is 0 Å². The van der Waals surface area contributed by atoms with Gasteiger partial charge in [0.1, 0.15) is 67.1 Å². The van der Waals surface area contributed by atoms with Gasteiger partial charge in [-0.1, -0.05) is 0 Å². The molecule has 3 fully saturated rings. The fourth-order valence-electron chi connectivity index (χ4n) is 4.04. The fourth-order valence-corrected chi connectivity index (χ4v) is 4.04. The van der Waals surface area contributed by atoms with Crippen LogP contribution in [0.25, 0.3) is 0 Å². The first-order valence-corrected chi connectivity index (χ1v) is 10.6. The minimum absolute atomic E-state index is 0.751. The average Bonchev–Trinajstić information content (AvgIpc) is 2.83. The molecule has 0 aromatic carbocycles. The number of halogens is 1. The zero-order chi connectivity index (χ0) is 25.3.